The Balaban J connectivity index is 2.08. The number of hydrogen-bond acceptors (Lipinski definition) is 2. The lowest BCUT2D eigenvalue weighted by Gasteiger charge is -2.12. The molecule has 0 aromatic carbocycles. The number of aliphatic carboxylic acids is 1. The summed E-state index contributed by atoms with van der Waals surface area (Å²) >= 11 is 0. The van der Waals surface area contributed by atoms with Crippen LogP contribution in [0, 0.1) is 11.8 Å². The second kappa shape index (κ2) is 2.48. The van der Waals surface area contributed by atoms with Crippen molar-refractivity contribution in [1.29, 1.82) is 0 Å². The summed E-state index contributed by atoms with van der Waals surface area (Å²) in [6.07, 6.45) is 3.55. The van der Waals surface area contributed by atoms with E-state index < -0.39 is 5.97 Å². The SMILES string of the molecule is O=C(O)[C@H]1NC[C@H]2CCC[C@H]21. The molecular formula is C8H13NO2. The highest BCUT2D eigenvalue weighted by atomic mass is 16.4. The Hall–Kier alpha value is -0.570. The van der Waals surface area contributed by atoms with E-state index in [2.05, 4.69) is 5.32 Å². The van der Waals surface area contributed by atoms with Crippen molar-refractivity contribution in [3.63, 3.8) is 0 Å². The molecule has 0 aromatic heterocycles. The minimum Gasteiger partial charge on any atom is -0.480 e. The monoisotopic (exact) mass is 155 g/mol. The molecule has 2 fully saturated rings. The van der Waals surface area contributed by atoms with E-state index in [9.17, 15) is 4.79 Å². The fraction of sp³-hybridized carbons (Fsp3) is 0.875. The van der Waals surface area contributed by atoms with Crippen LogP contribution in [0.1, 0.15) is 19.3 Å². The molecular weight excluding hydrogens is 142 g/mol. The van der Waals surface area contributed by atoms with Crippen molar-refractivity contribution in [2.75, 3.05) is 6.54 Å². The van der Waals surface area contributed by atoms with Gasteiger partial charge in [-0.3, -0.25) is 4.79 Å². The topological polar surface area (TPSA) is 49.3 Å². The maximum absolute atomic E-state index is 10.7. The van der Waals surface area contributed by atoms with Gasteiger partial charge in [0.1, 0.15) is 6.04 Å². The first-order valence-electron chi connectivity index (χ1n) is 4.25. The molecule has 62 valence electrons. The number of fused-ring (bicyclic) bond motifs is 1. The minimum atomic E-state index is -0.667. The predicted octanol–water partition coefficient (Wildman–Crippen LogP) is 0.459. The standard InChI is InChI=1S/C8H13NO2/c10-8(11)7-6-3-1-2-5(6)4-9-7/h5-7,9H,1-4H2,(H,10,11)/t5-,6-,7+/m1/s1. The molecule has 1 aliphatic heterocycles. The van der Waals surface area contributed by atoms with Crippen molar-refractivity contribution in [2.45, 2.75) is 25.3 Å². The Labute approximate surface area is 65.8 Å². The lowest BCUT2D eigenvalue weighted by atomic mass is 9.94. The van der Waals surface area contributed by atoms with Gasteiger partial charge < -0.3 is 10.4 Å². The normalized spacial score (nSPS) is 42.4. The number of carboxylic acids is 1. The van der Waals surface area contributed by atoms with Crippen LogP contribution >= 0.6 is 0 Å². The first kappa shape index (κ1) is 7.10. The molecule has 0 bridgehead atoms. The van der Waals surface area contributed by atoms with Gasteiger partial charge >= 0.3 is 5.97 Å². The molecule has 3 atom stereocenters. The molecule has 2 rings (SSSR count). The molecule has 2 aliphatic rings. The highest BCUT2D eigenvalue weighted by Gasteiger charge is 2.42. The molecule has 2 N–H and O–H groups in total. The Bertz CT molecular complexity index is 181. The first-order valence-corrected chi connectivity index (χ1v) is 4.25. The second-order valence-corrected chi connectivity index (χ2v) is 3.58. The van der Waals surface area contributed by atoms with Crippen molar-refractivity contribution in [2.24, 2.45) is 11.8 Å². The van der Waals surface area contributed by atoms with E-state index in [0.29, 0.717) is 11.8 Å². The van der Waals surface area contributed by atoms with E-state index in [1.807, 2.05) is 0 Å². The van der Waals surface area contributed by atoms with Gasteiger partial charge in [-0.1, -0.05) is 6.42 Å². The van der Waals surface area contributed by atoms with Gasteiger partial charge in [-0.15, -0.1) is 0 Å². The van der Waals surface area contributed by atoms with Crippen molar-refractivity contribution >= 4 is 5.97 Å². The van der Waals surface area contributed by atoms with E-state index in [1.54, 1.807) is 0 Å². The van der Waals surface area contributed by atoms with Crippen LogP contribution in [0.25, 0.3) is 0 Å². The highest BCUT2D eigenvalue weighted by Crippen LogP contribution is 2.37. The molecule has 0 spiro atoms. The van der Waals surface area contributed by atoms with Gasteiger partial charge in [-0.25, -0.2) is 0 Å². The third-order valence-corrected chi connectivity index (χ3v) is 3.01. The Kier molecular flexibility index (Phi) is 1.60. The van der Waals surface area contributed by atoms with Crippen LogP contribution in [0.2, 0.25) is 0 Å². The highest BCUT2D eigenvalue weighted by molar-refractivity contribution is 5.74. The molecule has 1 aliphatic carbocycles. The number of carboxylic acid groups (broad SMARTS) is 1. The quantitative estimate of drug-likeness (QED) is 0.578. The van der Waals surface area contributed by atoms with Gasteiger partial charge in [-0.05, 0) is 31.2 Å². The van der Waals surface area contributed by atoms with E-state index in [1.165, 1.54) is 12.8 Å². The molecule has 11 heavy (non-hydrogen) atoms. The number of hydrogen-bond donors (Lipinski definition) is 2. The summed E-state index contributed by atoms with van der Waals surface area (Å²) in [6.45, 7) is 0.918. The summed E-state index contributed by atoms with van der Waals surface area (Å²) < 4.78 is 0. The van der Waals surface area contributed by atoms with Gasteiger partial charge in [0.15, 0.2) is 0 Å². The lowest BCUT2D eigenvalue weighted by molar-refractivity contribution is -0.140. The van der Waals surface area contributed by atoms with E-state index in [-0.39, 0.29) is 6.04 Å². The fourth-order valence-electron chi connectivity index (χ4n) is 2.46. The lowest BCUT2D eigenvalue weighted by Crippen LogP contribution is -2.35. The van der Waals surface area contributed by atoms with Gasteiger partial charge in [-0.2, -0.15) is 0 Å². The van der Waals surface area contributed by atoms with Crippen molar-refractivity contribution in [3.05, 3.63) is 0 Å². The molecule has 0 amide bonds. The third kappa shape index (κ3) is 1.03. The van der Waals surface area contributed by atoms with Crippen LogP contribution in [0.15, 0.2) is 0 Å². The maximum atomic E-state index is 10.7. The van der Waals surface area contributed by atoms with Crippen LogP contribution in [0.3, 0.4) is 0 Å². The van der Waals surface area contributed by atoms with Crippen molar-refractivity contribution in [1.82, 2.24) is 5.32 Å². The predicted molar refractivity (Wildman–Crippen MR) is 40.3 cm³/mol. The van der Waals surface area contributed by atoms with Crippen molar-refractivity contribution in [3.8, 4) is 0 Å². The summed E-state index contributed by atoms with van der Waals surface area (Å²) in [7, 11) is 0. The number of rotatable bonds is 1. The summed E-state index contributed by atoms with van der Waals surface area (Å²) in [5.74, 6) is 0.406. The number of carbonyl (C=O) groups is 1. The smallest absolute Gasteiger partial charge is 0.320 e. The van der Waals surface area contributed by atoms with E-state index >= 15 is 0 Å². The Morgan fingerprint density at radius 1 is 1.45 bits per heavy atom. The van der Waals surface area contributed by atoms with Crippen LogP contribution < -0.4 is 5.32 Å². The average Bonchev–Trinajstić information content (AvgIpc) is 2.41. The number of nitrogens with one attached hydrogen (secondary N) is 1. The molecule has 1 saturated carbocycles. The van der Waals surface area contributed by atoms with Gasteiger partial charge in [0, 0.05) is 0 Å². The zero-order valence-corrected chi connectivity index (χ0v) is 6.42. The average molecular weight is 155 g/mol. The van der Waals surface area contributed by atoms with E-state index in [0.717, 1.165) is 13.0 Å². The minimum absolute atomic E-state index is 0.248. The zero-order valence-electron chi connectivity index (χ0n) is 6.42. The van der Waals surface area contributed by atoms with Crippen LogP contribution in [-0.4, -0.2) is 23.7 Å². The fourth-order valence-corrected chi connectivity index (χ4v) is 2.46. The molecule has 3 heteroatoms. The molecule has 0 radical (unpaired) electrons. The Morgan fingerprint density at radius 2 is 2.27 bits per heavy atom. The molecule has 1 saturated heterocycles. The molecule has 1 heterocycles. The third-order valence-electron chi connectivity index (χ3n) is 3.01. The Morgan fingerprint density at radius 3 is 3.00 bits per heavy atom. The second-order valence-electron chi connectivity index (χ2n) is 3.58. The first-order chi connectivity index (χ1) is 5.29. The van der Waals surface area contributed by atoms with Gasteiger partial charge in [0.2, 0.25) is 0 Å². The molecule has 0 unspecified atom stereocenters. The molecule has 3 nitrogen and oxygen atoms in total. The summed E-state index contributed by atoms with van der Waals surface area (Å²) in [5.41, 5.74) is 0. The van der Waals surface area contributed by atoms with E-state index in [4.69, 9.17) is 5.11 Å². The van der Waals surface area contributed by atoms with Crippen LogP contribution in [-0.2, 0) is 4.79 Å². The summed E-state index contributed by atoms with van der Waals surface area (Å²) in [5, 5.41) is 11.9. The van der Waals surface area contributed by atoms with Crippen LogP contribution in [0.4, 0.5) is 0 Å². The van der Waals surface area contributed by atoms with Crippen LogP contribution in [0.5, 0.6) is 0 Å². The van der Waals surface area contributed by atoms with Crippen molar-refractivity contribution < 1.29 is 9.90 Å². The zero-order chi connectivity index (χ0) is 7.84. The maximum Gasteiger partial charge on any atom is 0.320 e. The summed E-state index contributed by atoms with van der Waals surface area (Å²) in [6, 6.07) is -0.248. The van der Waals surface area contributed by atoms with Gasteiger partial charge in [0.25, 0.3) is 0 Å². The summed E-state index contributed by atoms with van der Waals surface area (Å²) in [4.78, 5) is 10.7. The largest absolute Gasteiger partial charge is 0.480 e. The van der Waals surface area contributed by atoms with Gasteiger partial charge in [0.05, 0.1) is 0 Å². The molecule has 0 aromatic rings.